The summed E-state index contributed by atoms with van der Waals surface area (Å²) in [7, 11) is 0. The van der Waals surface area contributed by atoms with Gasteiger partial charge in [-0.3, -0.25) is 9.20 Å². The fraction of sp³-hybridized carbons (Fsp3) is 0.438. The number of hydrogen-bond donors (Lipinski definition) is 2. The number of carboxylic acids is 1. The molecule has 0 radical (unpaired) electrons. The smallest absolute Gasteiger partial charge is 0.311 e. The molecule has 0 aromatic carbocycles. The number of carbonyl (C=O) groups is 1. The average molecular weight is 291 g/mol. The van der Waals surface area contributed by atoms with Crippen molar-refractivity contribution < 1.29 is 19.4 Å². The summed E-state index contributed by atoms with van der Waals surface area (Å²) in [6.45, 7) is 1.83. The molecule has 1 unspecified atom stereocenters. The molecule has 0 aliphatic heterocycles. The first-order chi connectivity index (χ1) is 10.0. The molecule has 112 valence electrons. The summed E-state index contributed by atoms with van der Waals surface area (Å²) in [6, 6.07) is 4.72. The van der Waals surface area contributed by atoms with Gasteiger partial charge >= 0.3 is 5.97 Å². The average Bonchev–Trinajstić information content (AvgIpc) is 2.75. The summed E-state index contributed by atoms with van der Waals surface area (Å²) >= 11 is 0. The van der Waals surface area contributed by atoms with Crippen LogP contribution < -0.4 is 0 Å². The minimum atomic E-state index is -0.886. The molecular weight excluding hydrogens is 273 g/mol. The molecule has 1 aliphatic rings. The van der Waals surface area contributed by atoms with E-state index < -0.39 is 23.9 Å². The molecule has 0 saturated carbocycles. The number of aliphatic carboxylic acids is 1. The van der Waals surface area contributed by atoms with E-state index in [1.54, 1.807) is 12.1 Å². The Morgan fingerprint density at radius 2 is 2.29 bits per heavy atom. The molecule has 21 heavy (non-hydrogen) atoms. The molecule has 0 fully saturated rings. The summed E-state index contributed by atoms with van der Waals surface area (Å²) < 4.78 is 15.7. The molecule has 2 atom stereocenters. The maximum absolute atomic E-state index is 14.2. The summed E-state index contributed by atoms with van der Waals surface area (Å²) in [5.41, 5.74) is 2.95. The first kappa shape index (κ1) is 14.1. The standard InChI is InChI=1S/C16H18FNO3/c1-2-10(16(20)21)15-11-7-6-9(19)8-13(11)18-12(15)4-3-5-14(18)17/h3-5,9-10,19H,2,6-8H2,1H3,(H,20,21)/t9-,10?/m0/s1. The number of aliphatic hydroxyl groups is 1. The SMILES string of the molecule is CCC(C(=O)O)c1c2c(n3c(F)cccc13)C[C@@H](O)CC2. The maximum Gasteiger partial charge on any atom is 0.311 e. The quantitative estimate of drug-likeness (QED) is 0.854. The van der Waals surface area contributed by atoms with Crippen molar-refractivity contribution in [2.75, 3.05) is 0 Å². The predicted molar refractivity (Wildman–Crippen MR) is 76.1 cm³/mol. The number of halogens is 1. The summed E-state index contributed by atoms with van der Waals surface area (Å²) in [5.74, 6) is -1.94. The lowest BCUT2D eigenvalue weighted by atomic mass is 9.86. The van der Waals surface area contributed by atoms with E-state index in [2.05, 4.69) is 0 Å². The van der Waals surface area contributed by atoms with Gasteiger partial charge in [0.05, 0.1) is 17.5 Å². The Labute approximate surface area is 121 Å². The second kappa shape index (κ2) is 5.15. The van der Waals surface area contributed by atoms with Crippen molar-refractivity contribution in [1.29, 1.82) is 0 Å². The number of fused-ring (bicyclic) bond motifs is 3. The van der Waals surface area contributed by atoms with Crippen LogP contribution in [0.5, 0.6) is 0 Å². The third-order valence-electron chi connectivity index (χ3n) is 4.37. The van der Waals surface area contributed by atoms with Gasteiger partial charge in [0, 0.05) is 12.1 Å². The van der Waals surface area contributed by atoms with E-state index in [0.29, 0.717) is 36.8 Å². The number of rotatable bonds is 3. The second-order valence-corrected chi connectivity index (χ2v) is 5.60. The van der Waals surface area contributed by atoms with Gasteiger partial charge in [-0.2, -0.15) is 4.39 Å². The van der Waals surface area contributed by atoms with Gasteiger partial charge in [0.1, 0.15) is 0 Å². The Kier molecular flexibility index (Phi) is 3.45. The summed E-state index contributed by atoms with van der Waals surface area (Å²) in [6.07, 6.45) is 1.52. The number of aromatic nitrogens is 1. The fourth-order valence-electron chi connectivity index (χ4n) is 3.43. The van der Waals surface area contributed by atoms with Crippen LogP contribution >= 0.6 is 0 Å². The van der Waals surface area contributed by atoms with Crippen molar-refractivity contribution in [3.63, 3.8) is 0 Å². The van der Waals surface area contributed by atoms with Crippen LogP contribution in [0.2, 0.25) is 0 Å². The van der Waals surface area contributed by atoms with Gasteiger partial charge < -0.3 is 10.2 Å². The van der Waals surface area contributed by atoms with E-state index in [-0.39, 0.29) is 0 Å². The van der Waals surface area contributed by atoms with Crippen molar-refractivity contribution in [2.45, 2.75) is 44.6 Å². The molecule has 0 amide bonds. The Morgan fingerprint density at radius 1 is 1.52 bits per heavy atom. The highest BCUT2D eigenvalue weighted by Gasteiger charge is 2.31. The van der Waals surface area contributed by atoms with Gasteiger partial charge in [0.25, 0.3) is 0 Å². The topological polar surface area (TPSA) is 61.9 Å². The van der Waals surface area contributed by atoms with Gasteiger partial charge in [-0.15, -0.1) is 0 Å². The number of nitrogens with zero attached hydrogens (tertiary/aromatic N) is 1. The largest absolute Gasteiger partial charge is 0.481 e. The van der Waals surface area contributed by atoms with E-state index in [0.717, 1.165) is 11.3 Å². The second-order valence-electron chi connectivity index (χ2n) is 5.60. The van der Waals surface area contributed by atoms with E-state index >= 15 is 0 Å². The van der Waals surface area contributed by atoms with Crippen molar-refractivity contribution in [2.24, 2.45) is 0 Å². The zero-order valence-corrected chi connectivity index (χ0v) is 11.8. The molecule has 1 aliphatic carbocycles. The lowest BCUT2D eigenvalue weighted by Crippen LogP contribution is -2.21. The highest BCUT2D eigenvalue weighted by atomic mass is 19.1. The van der Waals surface area contributed by atoms with Gasteiger partial charge in [0.2, 0.25) is 0 Å². The molecule has 3 rings (SSSR count). The van der Waals surface area contributed by atoms with Gasteiger partial charge in [-0.1, -0.05) is 13.0 Å². The van der Waals surface area contributed by atoms with Crippen LogP contribution in [0.25, 0.3) is 5.52 Å². The fourth-order valence-corrected chi connectivity index (χ4v) is 3.43. The highest BCUT2D eigenvalue weighted by molar-refractivity contribution is 5.82. The zero-order valence-electron chi connectivity index (χ0n) is 11.8. The van der Waals surface area contributed by atoms with Crippen LogP contribution in [0.1, 0.15) is 42.5 Å². The monoisotopic (exact) mass is 291 g/mol. The Hall–Kier alpha value is -1.88. The highest BCUT2D eigenvalue weighted by Crippen LogP contribution is 2.37. The van der Waals surface area contributed by atoms with Gasteiger partial charge in [-0.05, 0) is 42.5 Å². The van der Waals surface area contributed by atoms with Crippen molar-refractivity contribution in [3.8, 4) is 0 Å². The van der Waals surface area contributed by atoms with E-state index in [1.807, 2.05) is 6.92 Å². The maximum atomic E-state index is 14.2. The molecule has 2 heterocycles. The zero-order chi connectivity index (χ0) is 15.1. The third kappa shape index (κ3) is 2.12. The van der Waals surface area contributed by atoms with Crippen LogP contribution in [0.3, 0.4) is 0 Å². The van der Waals surface area contributed by atoms with Gasteiger partial charge in [-0.25, -0.2) is 0 Å². The van der Waals surface area contributed by atoms with Crippen LogP contribution in [0, 0.1) is 5.95 Å². The molecule has 4 nitrogen and oxygen atoms in total. The predicted octanol–water partition coefficient (Wildman–Crippen LogP) is 2.51. The van der Waals surface area contributed by atoms with E-state index in [1.165, 1.54) is 10.5 Å². The summed E-state index contributed by atoms with van der Waals surface area (Å²) in [5, 5.41) is 19.3. The Balaban J connectivity index is 2.34. The molecular formula is C16H18FNO3. The number of hydrogen-bond acceptors (Lipinski definition) is 2. The first-order valence-electron chi connectivity index (χ1n) is 7.26. The molecule has 5 heteroatoms. The van der Waals surface area contributed by atoms with Crippen LogP contribution in [-0.2, 0) is 17.6 Å². The first-order valence-corrected chi connectivity index (χ1v) is 7.26. The van der Waals surface area contributed by atoms with Crippen molar-refractivity contribution >= 4 is 11.5 Å². The molecule has 2 N–H and O–H groups in total. The van der Waals surface area contributed by atoms with Crippen LogP contribution in [0.15, 0.2) is 18.2 Å². The third-order valence-corrected chi connectivity index (χ3v) is 4.37. The van der Waals surface area contributed by atoms with E-state index in [4.69, 9.17) is 0 Å². The lowest BCUT2D eigenvalue weighted by Gasteiger charge is -2.20. The van der Waals surface area contributed by atoms with Crippen LogP contribution in [0.4, 0.5) is 4.39 Å². The van der Waals surface area contributed by atoms with Crippen molar-refractivity contribution in [1.82, 2.24) is 4.40 Å². The molecule has 2 aromatic rings. The molecule has 0 bridgehead atoms. The Morgan fingerprint density at radius 3 is 2.95 bits per heavy atom. The van der Waals surface area contributed by atoms with E-state index in [9.17, 15) is 19.4 Å². The number of aliphatic hydroxyl groups excluding tert-OH is 1. The van der Waals surface area contributed by atoms with Crippen LogP contribution in [-0.4, -0.2) is 26.7 Å². The lowest BCUT2D eigenvalue weighted by molar-refractivity contribution is -0.138. The molecule has 0 saturated heterocycles. The van der Waals surface area contributed by atoms with Crippen molar-refractivity contribution in [3.05, 3.63) is 41.0 Å². The number of carboxylic acid groups (broad SMARTS) is 1. The normalized spacial score (nSPS) is 19.5. The number of pyridine rings is 1. The minimum Gasteiger partial charge on any atom is -0.481 e. The van der Waals surface area contributed by atoms with Gasteiger partial charge in [0.15, 0.2) is 5.95 Å². The Bertz CT molecular complexity index is 707. The minimum absolute atomic E-state index is 0.369. The molecule has 2 aromatic heterocycles. The molecule has 0 spiro atoms. The summed E-state index contributed by atoms with van der Waals surface area (Å²) in [4.78, 5) is 11.6.